The highest BCUT2D eigenvalue weighted by Crippen LogP contribution is 2.22. The van der Waals surface area contributed by atoms with E-state index in [1.54, 1.807) is 0 Å². The Morgan fingerprint density at radius 1 is 1.38 bits per heavy atom. The zero-order chi connectivity index (χ0) is 10.0. The van der Waals surface area contributed by atoms with Crippen LogP contribution in [0.15, 0.2) is 0 Å². The highest BCUT2D eigenvalue weighted by molar-refractivity contribution is 5.79. The zero-order valence-electron chi connectivity index (χ0n) is 8.79. The lowest BCUT2D eigenvalue weighted by molar-refractivity contribution is -0.123. The SMILES string of the molecule is C[C@@H]1C[C@@H](C)CN([C@@H](C)C(N)=O)C1. The van der Waals surface area contributed by atoms with Crippen molar-refractivity contribution >= 4 is 5.91 Å². The molecular formula is C10H20N2O. The lowest BCUT2D eigenvalue weighted by Gasteiger charge is -2.37. The number of nitrogens with zero attached hydrogens (tertiary/aromatic N) is 1. The van der Waals surface area contributed by atoms with Crippen molar-refractivity contribution in [1.29, 1.82) is 0 Å². The molecule has 0 aliphatic carbocycles. The van der Waals surface area contributed by atoms with Gasteiger partial charge in [0.05, 0.1) is 6.04 Å². The molecule has 1 saturated heterocycles. The third-order valence-corrected chi connectivity index (χ3v) is 2.86. The number of rotatable bonds is 2. The van der Waals surface area contributed by atoms with Crippen molar-refractivity contribution in [2.75, 3.05) is 13.1 Å². The second-order valence-electron chi connectivity index (χ2n) is 4.48. The van der Waals surface area contributed by atoms with E-state index in [4.69, 9.17) is 5.73 Å². The van der Waals surface area contributed by atoms with Crippen LogP contribution in [0.5, 0.6) is 0 Å². The average Bonchev–Trinajstić information content (AvgIpc) is 2.01. The molecule has 3 atom stereocenters. The molecule has 0 aromatic rings. The molecule has 0 bridgehead atoms. The van der Waals surface area contributed by atoms with Crippen LogP contribution in [0, 0.1) is 11.8 Å². The van der Waals surface area contributed by atoms with Crippen LogP contribution in [0.3, 0.4) is 0 Å². The molecule has 2 N–H and O–H groups in total. The zero-order valence-corrected chi connectivity index (χ0v) is 8.79. The minimum atomic E-state index is -0.207. The molecule has 13 heavy (non-hydrogen) atoms. The Labute approximate surface area is 80.3 Å². The topological polar surface area (TPSA) is 46.3 Å². The molecule has 0 aromatic heterocycles. The predicted octanol–water partition coefficient (Wildman–Crippen LogP) is 0.838. The van der Waals surface area contributed by atoms with Gasteiger partial charge >= 0.3 is 0 Å². The maximum Gasteiger partial charge on any atom is 0.234 e. The first kappa shape index (κ1) is 10.5. The fourth-order valence-electron chi connectivity index (χ4n) is 2.21. The maximum absolute atomic E-state index is 11.0. The summed E-state index contributed by atoms with van der Waals surface area (Å²) in [6.07, 6.45) is 1.27. The van der Waals surface area contributed by atoms with E-state index in [0.717, 1.165) is 13.1 Å². The summed E-state index contributed by atoms with van der Waals surface area (Å²) in [6.45, 7) is 8.38. The third kappa shape index (κ3) is 2.69. The Morgan fingerprint density at radius 3 is 2.23 bits per heavy atom. The molecule has 0 unspecified atom stereocenters. The first-order valence-electron chi connectivity index (χ1n) is 5.04. The van der Waals surface area contributed by atoms with E-state index in [1.165, 1.54) is 6.42 Å². The molecular weight excluding hydrogens is 164 g/mol. The summed E-state index contributed by atoms with van der Waals surface area (Å²) in [5, 5.41) is 0. The largest absolute Gasteiger partial charge is 0.368 e. The minimum Gasteiger partial charge on any atom is -0.368 e. The molecule has 1 amide bonds. The fraction of sp³-hybridized carbons (Fsp3) is 0.900. The van der Waals surface area contributed by atoms with Gasteiger partial charge in [0, 0.05) is 13.1 Å². The van der Waals surface area contributed by atoms with Crippen molar-refractivity contribution in [2.45, 2.75) is 33.2 Å². The van der Waals surface area contributed by atoms with E-state index in [-0.39, 0.29) is 11.9 Å². The molecule has 0 aromatic carbocycles. The van der Waals surface area contributed by atoms with Gasteiger partial charge in [-0.2, -0.15) is 0 Å². The minimum absolute atomic E-state index is 0.106. The lowest BCUT2D eigenvalue weighted by atomic mass is 9.91. The second-order valence-corrected chi connectivity index (χ2v) is 4.48. The van der Waals surface area contributed by atoms with Gasteiger partial charge in [-0.25, -0.2) is 0 Å². The highest BCUT2D eigenvalue weighted by atomic mass is 16.1. The van der Waals surface area contributed by atoms with Gasteiger partial charge in [0.2, 0.25) is 5.91 Å². The van der Waals surface area contributed by atoms with Gasteiger partial charge < -0.3 is 5.73 Å². The van der Waals surface area contributed by atoms with Crippen molar-refractivity contribution in [1.82, 2.24) is 4.90 Å². The normalized spacial score (nSPS) is 32.8. The van der Waals surface area contributed by atoms with Crippen molar-refractivity contribution < 1.29 is 4.79 Å². The summed E-state index contributed by atoms with van der Waals surface area (Å²) in [7, 11) is 0. The predicted molar refractivity (Wildman–Crippen MR) is 53.2 cm³/mol. The lowest BCUT2D eigenvalue weighted by Crippen LogP contribution is -2.49. The summed E-state index contributed by atoms with van der Waals surface area (Å²) >= 11 is 0. The summed E-state index contributed by atoms with van der Waals surface area (Å²) in [5.41, 5.74) is 5.28. The van der Waals surface area contributed by atoms with Gasteiger partial charge in [-0.15, -0.1) is 0 Å². The number of carbonyl (C=O) groups excluding carboxylic acids is 1. The Bertz CT molecular complexity index is 183. The summed E-state index contributed by atoms with van der Waals surface area (Å²) in [5.74, 6) is 1.16. The van der Waals surface area contributed by atoms with Gasteiger partial charge in [0.1, 0.15) is 0 Å². The smallest absolute Gasteiger partial charge is 0.234 e. The van der Waals surface area contributed by atoms with E-state index in [0.29, 0.717) is 11.8 Å². The summed E-state index contributed by atoms with van der Waals surface area (Å²) in [6, 6.07) is -0.106. The Hall–Kier alpha value is -0.570. The molecule has 1 aliphatic heterocycles. The van der Waals surface area contributed by atoms with Gasteiger partial charge in [0.25, 0.3) is 0 Å². The number of piperidine rings is 1. The highest BCUT2D eigenvalue weighted by Gasteiger charge is 2.27. The van der Waals surface area contributed by atoms with Crippen molar-refractivity contribution in [3.8, 4) is 0 Å². The van der Waals surface area contributed by atoms with Crippen LogP contribution in [0.4, 0.5) is 0 Å². The van der Waals surface area contributed by atoms with Crippen LogP contribution in [0.2, 0.25) is 0 Å². The molecule has 76 valence electrons. The fourth-order valence-corrected chi connectivity index (χ4v) is 2.21. The molecule has 3 nitrogen and oxygen atoms in total. The van der Waals surface area contributed by atoms with E-state index >= 15 is 0 Å². The molecule has 0 spiro atoms. The van der Waals surface area contributed by atoms with Crippen LogP contribution in [0.1, 0.15) is 27.2 Å². The van der Waals surface area contributed by atoms with Crippen molar-refractivity contribution in [3.63, 3.8) is 0 Å². The monoisotopic (exact) mass is 184 g/mol. The van der Waals surface area contributed by atoms with Crippen LogP contribution < -0.4 is 5.73 Å². The Kier molecular flexibility index (Phi) is 3.31. The van der Waals surface area contributed by atoms with Crippen LogP contribution in [0.25, 0.3) is 0 Å². The Morgan fingerprint density at radius 2 is 1.85 bits per heavy atom. The number of hydrogen-bond acceptors (Lipinski definition) is 2. The van der Waals surface area contributed by atoms with Crippen LogP contribution in [-0.2, 0) is 4.79 Å². The number of hydrogen-bond donors (Lipinski definition) is 1. The number of likely N-dealkylation sites (tertiary alicyclic amines) is 1. The third-order valence-electron chi connectivity index (χ3n) is 2.86. The molecule has 0 radical (unpaired) electrons. The average molecular weight is 184 g/mol. The van der Waals surface area contributed by atoms with Gasteiger partial charge in [0.15, 0.2) is 0 Å². The molecule has 1 aliphatic rings. The van der Waals surface area contributed by atoms with Crippen LogP contribution >= 0.6 is 0 Å². The van der Waals surface area contributed by atoms with E-state index in [1.807, 2.05) is 6.92 Å². The van der Waals surface area contributed by atoms with Crippen molar-refractivity contribution in [2.24, 2.45) is 17.6 Å². The quantitative estimate of drug-likeness (QED) is 0.691. The summed E-state index contributed by atoms with van der Waals surface area (Å²) < 4.78 is 0. The van der Waals surface area contributed by atoms with E-state index < -0.39 is 0 Å². The first-order chi connectivity index (χ1) is 6.00. The van der Waals surface area contributed by atoms with Crippen LogP contribution in [-0.4, -0.2) is 29.9 Å². The van der Waals surface area contributed by atoms with Gasteiger partial charge in [-0.3, -0.25) is 9.69 Å². The number of carbonyl (C=O) groups is 1. The maximum atomic E-state index is 11.0. The number of primary amides is 1. The molecule has 1 fully saturated rings. The summed E-state index contributed by atoms with van der Waals surface area (Å²) in [4.78, 5) is 13.2. The molecule has 0 saturated carbocycles. The van der Waals surface area contributed by atoms with Crippen molar-refractivity contribution in [3.05, 3.63) is 0 Å². The van der Waals surface area contributed by atoms with Gasteiger partial charge in [-0.05, 0) is 25.2 Å². The Balaban J connectivity index is 2.54. The van der Waals surface area contributed by atoms with E-state index in [9.17, 15) is 4.79 Å². The number of nitrogens with two attached hydrogens (primary N) is 1. The number of amides is 1. The molecule has 1 rings (SSSR count). The second kappa shape index (κ2) is 4.09. The van der Waals surface area contributed by atoms with E-state index in [2.05, 4.69) is 18.7 Å². The standard InChI is InChI=1S/C10H20N2O/c1-7-4-8(2)6-12(5-7)9(3)10(11)13/h7-9H,4-6H2,1-3H3,(H2,11,13)/t7-,8-,9+/m1/s1. The van der Waals surface area contributed by atoms with Gasteiger partial charge in [-0.1, -0.05) is 13.8 Å². The molecule has 1 heterocycles. The molecule has 3 heteroatoms. The first-order valence-corrected chi connectivity index (χ1v) is 5.04.